The first kappa shape index (κ1) is 10.7. The number of aromatic nitrogens is 1. The summed E-state index contributed by atoms with van der Waals surface area (Å²) in [7, 11) is 0. The second kappa shape index (κ2) is 4.13. The van der Waals surface area contributed by atoms with Crippen LogP contribution in [-0.4, -0.2) is 4.98 Å². The van der Waals surface area contributed by atoms with Crippen molar-refractivity contribution >= 4 is 43.2 Å². The Morgan fingerprint density at radius 1 is 1.12 bits per heavy atom. The molecule has 3 rings (SSSR count). The molecule has 2 N–H and O–H groups in total. The molecule has 0 aliphatic rings. The summed E-state index contributed by atoms with van der Waals surface area (Å²) in [6.07, 6.45) is 0. The van der Waals surface area contributed by atoms with Gasteiger partial charge in [-0.05, 0) is 30.3 Å². The Labute approximate surface area is 111 Å². The van der Waals surface area contributed by atoms with Crippen LogP contribution in [0.4, 0.5) is 5.69 Å². The first-order valence-electron chi connectivity index (χ1n) is 5.15. The van der Waals surface area contributed by atoms with Crippen molar-refractivity contribution in [1.29, 1.82) is 0 Å². The van der Waals surface area contributed by atoms with Crippen LogP contribution in [0.3, 0.4) is 0 Å². The molecule has 0 aliphatic heterocycles. The van der Waals surface area contributed by atoms with E-state index in [1.165, 1.54) is 4.70 Å². The van der Waals surface area contributed by atoms with Crippen LogP contribution in [0.15, 0.2) is 46.9 Å². The second-order valence-corrected chi connectivity index (χ2v) is 5.66. The van der Waals surface area contributed by atoms with Gasteiger partial charge < -0.3 is 5.73 Å². The number of thiazole rings is 1. The van der Waals surface area contributed by atoms with E-state index < -0.39 is 0 Å². The van der Waals surface area contributed by atoms with E-state index in [4.69, 9.17) is 5.73 Å². The van der Waals surface area contributed by atoms with Crippen molar-refractivity contribution in [3.63, 3.8) is 0 Å². The molecule has 4 heteroatoms. The van der Waals surface area contributed by atoms with E-state index >= 15 is 0 Å². The first-order valence-corrected chi connectivity index (χ1v) is 6.76. The molecule has 0 amide bonds. The van der Waals surface area contributed by atoms with Gasteiger partial charge in [0, 0.05) is 15.7 Å². The largest absolute Gasteiger partial charge is 0.398 e. The van der Waals surface area contributed by atoms with Gasteiger partial charge >= 0.3 is 0 Å². The Balaban J connectivity index is 2.23. The van der Waals surface area contributed by atoms with Crippen molar-refractivity contribution in [2.75, 3.05) is 5.73 Å². The summed E-state index contributed by atoms with van der Waals surface area (Å²) in [5, 5.41) is 0.963. The molecular formula is C13H9BrN2S. The van der Waals surface area contributed by atoms with Gasteiger partial charge in [0.15, 0.2) is 0 Å². The van der Waals surface area contributed by atoms with Gasteiger partial charge in [0.05, 0.1) is 10.2 Å². The molecule has 0 saturated heterocycles. The molecular weight excluding hydrogens is 296 g/mol. The van der Waals surface area contributed by atoms with Gasteiger partial charge in [-0.1, -0.05) is 28.1 Å². The second-order valence-electron chi connectivity index (χ2n) is 3.72. The van der Waals surface area contributed by atoms with E-state index in [1.54, 1.807) is 11.3 Å². The summed E-state index contributed by atoms with van der Waals surface area (Å²) >= 11 is 5.12. The third-order valence-electron chi connectivity index (χ3n) is 2.54. The van der Waals surface area contributed by atoms with Crippen molar-refractivity contribution in [2.45, 2.75) is 0 Å². The number of nitrogens with zero attached hydrogens (tertiary/aromatic N) is 1. The predicted octanol–water partition coefficient (Wildman–Crippen LogP) is 4.31. The maximum absolute atomic E-state index is 5.99. The van der Waals surface area contributed by atoms with Gasteiger partial charge in [0.1, 0.15) is 5.01 Å². The lowest BCUT2D eigenvalue weighted by Gasteiger charge is -2.01. The van der Waals surface area contributed by atoms with Crippen molar-refractivity contribution < 1.29 is 0 Å². The monoisotopic (exact) mass is 304 g/mol. The van der Waals surface area contributed by atoms with E-state index in [2.05, 4.69) is 27.0 Å². The maximum atomic E-state index is 5.99. The number of para-hydroxylation sites is 1. The maximum Gasteiger partial charge on any atom is 0.126 e. The number of fused-ring (bicyclic) bond motifs is 1. The van der Waals surface area contributed by atoms with Crippen molar-refractivity contribution in [3.8, 4) is 10.6 Å². The smallest absolute Gasteiger partial charge is 0.126 e. The molecule has 0 saturated carbocycles. The minimum atomic E-state index is 0.757. The fraction of sp³-hybridized carbons (Fsp3) is 0. The molecule has 1 aromatic heterocycles. The lowest BCUT2D eigenvalue weighted by atomic mass is 10.2. The van der Waals surface area contributed by atoms with E-state index in [0.717, 1.165) is 26.2 Å². The summed E-state index contributed by atoms with van der Waals surface area (Å²) < 4.78 is 2.20. The Kier molecular flexibility index (Phi) is 2.61. The number of halogens is 1. The van der Waals surface area contributed by atoms with Gasteiger partial charge in [0.25, 0.3) is 0 Å². The van der Waals surface area contributed by atoms with Gasteiger partial charge in [-0.25, -0.2) is 4.98 Å². The zero-order valence-corrected chi connectivity index (χ0v) is 11.3. The number of benzene rings is 2. The average molecular weight is 305 g/mol. The average Bonchev–Trinajstić information content (AvgIpc) is 2.75. The number of nitrogen functional groups attached to an aromatic ring is 1. The molecule has 0 fully saturated rings. The van der Waals surface area contributed by atoms with E-state index in [0.29, 0.717) is 0 Å². The number of rotatable bonds is 1. The fourth-order valence-corrected chi connectivity index (χ4v) is 3.07. The number of hydrogen-bond donors (Lipinski definition) is 1. The number of nitrogens with two attached hydrogens (primary N) is 1. The minimum absolute atomic E-state index is 0.757. The van der Waals surface area contributed by atoms with Crippen LogP contribution in [0.25, 0.3) is 20.8 Å². The molecule has 0 bridgehead atoms. The molecule has 84 valence electrons. The van der Waals surface area contributed by atoms with E-state index in [9.17, 15) is 0 Å². The number of anilines is 1. The molecule has 0 atom stereocenters. The Hall–Kier alpha value is -1.39. The highest BCUT2D eigenvalue weighted by Gasteiger charge is 2.09. The number of hydrogen-bond acceptors (Lipinski definition) is 3. The SMILES string of the molecule is Nc1ccc(Br)cc1-c1nc2ccccc2s1. The van der Waals surface area contributed by atoms with Gasteiger partial charge in [-0.2, -0.15) is 0 Å². The molecule has 2 aromatic carbocycles. The van der Waals surface area contributed by atoms with Gasteiger partial charge in [-0.3, -0.25) is 0 Å². The fourth-order valence-electron chi connectivity index (χ4n) is 1.70. The highest BCUT2D eigenvalue weighted by Crippen LogP contribution is 2.34. The summed E-state index contributed by atoms with van der Waals surface area (Å²) in [5.41, 5.74) is 8.75. The topological polar surface area (TPSA) is 38.9 Å². The molecule has 17 heavy (non-hydrogen) atoms. The highest BCUT2D eigenvalue weighted by molar-refractivity contribution is 9.10. The first-order chi connectivity index (χ1) is 8.24. The third-order valence-corrected chi connectivity index (χ3v) is 4.10. The summed E-state index contributed by atoms with van der Waals surface area (Å²) in [5.74, 6) is 0. The minimum Gasteiger partial charge on any atom is -0.398 e. The Morgan fingerprint density at radius 3 is 2.76 bits per heavy atom. The Bertz CT molecular complexity index is 658. The van der Waals surface area contributed by atoms with Crippen LogP contribution in [-0.2, 0) is 0 Å². The lowest BCUT2D eigenvalue weighted by Crippen LogP contribution is -1.88. The predicted molar refractivity (Wildman–Crippen MR) is 77.2 cm³/mol. The lowest BCUT2D eigenvalue weighted by molar-refractivity contribution is 1.47. The molecule has 0 radical (unpaired) electrons. The molecule has 0 unspecified atom stereocenters. The normalized spacial score (nSPS) is 10.9. The molecule has 2 nitrogen and oxygen atoms in total. The van der Waals surface area contributed by atoms with Gasteiger partial charge in [-0.15, -0.1) is 11.3 Å². The van der Waals surface area contributed by atoms with Crippen LogP contribution >= 0.6 is 27.3 Å². The summed E-state index contributed by atoms with van der Waals surface area (Å²) in [6, 6.07) is 13.9. The van der Waals surface area contributed by atoms with Crippen LogP contribution < -0.4 is 5.73 Å². The van der Waals surface area contributed by atoms with Crippen molar-refractivity contribution in [2.24, 2.45) is 0 Å². The van der Waals surface area contributed by atoms with Crippen molar-refractivity contribution in [1.82, 2.24) is 4.98 Å². The van der Waals surface area contributed by atoms with Crippen molar-refractivity contribution in [3.05, 3.63) is 46.9 Å². The van der Waals surface area contributed by atoms with Crippen LogP contribution in [0.2, 0.25) is 0 Å². The summed E-state index contributed by atoms with van der Waals surface area (Å²) in [6.45, 7) is 0. The van der Waals surface area contributed by atoms with Crippen LogP contribution in [0.5, 0.6) is 0 Å². The molecule has 3 aromatic rings. The van der Waals surface area contributed by atoms with Gasteiger partial charge in [0.2, 0.25) is 0 Å². The van der Waals surface area contributed by atoms with E-state index in [1.807, 2.05) is 36.4 Å². The molecule has 0 aliphatic carbocycles. The zero-order chi connectivity index (χ0) is 11.8. The summed E-state index contributed by atoms with van der Waals surface area (Å²) in [4.78, 5) is 4.60. The highest BCUT2D eigenvalue weighted by atomic mass is 79.9. The van der Waals surface area contributed by atoms with Crippen LogP contribution in [0, 0.1) is 0 Å². The molecule has 0 spiro atoms. The standard InChI is InChI=1S/C13H9BrN2S/c14-8-5-6-10(15)9(7-8)13-16-11-3-1-2-4-12(11)17-13/h1-7H,15H2. The zero-order valence-electron chi connectivity index (χ0n) is 8.85. The third kappa shape index (κ3) is 1.94. The quantitative estimate of drug-likeness (QED) is 0.680. The van der Waals surface area contributed by atoms with E-state index in [-0.39, 0.29) is 0 Å². The van der Waals surface area contributed by atoms with Crippen LogP contribution in [0.1, 0.15) is 0 Å². The Morgan fingerprint density at radius 2 is 1.94 bits per heavy atom. The molecule has 1 heterocycles.